The fourth-order valence-electron chi connectivity index (χ4n) is 2.91. The molecule has 0 aromatic heterocycles. The number of anilines is 1. The molecular weight excluding hydrogens is 402 g/mol. The first-order valence-electron chi connectivity index (χ1n) is 8.34. The fraction of sp³-hybridized carbons (Fsp3) is 0.316. The van der Waals surface area contributed by atoms with Gasteiger partial charge in [-0.15, -0.1) is 0 Å². The molecule has 1 saturated heterocycles. The first-order valence-corrected chi connectivity index (χ1v) is 9.51. The number of hydrogen-bond acceptors (Lipinski definition) is 3. The molecule has 2 aromatic carbocycles. The molecule has 132 valence electrons. The van der Waals surface area contributed by atoms with Crippen molar-refractivity contribution in [1.29, 1.82) is 0 Å². The molecule has 0 radical (unpaired) electrons. The predicted octanol–water partition coefficient (Wildman–Crippen LogP) is 3.86. The van der Waals surface area contributed by atoms with Crippen LogP contribution in [0.25, 0.3) is 0 Å². The summed E-state index contributed by atoms with van der Waals surface area (Å²) in [4.78, 5) is 16.8. The first-order chi connectivity index (χ1) is 12.1. The standard InChI is InChI=1S/C19H21BrClN3O/c20-16-7-5-15(6-8-16)13-23-9-11-24(12-10-23)14-19(25)22-18-4-2-1-3-17(18)21/h1-8H,9-14H2,(H,22,25). The number of piperazine rings is 1. The lowest BCUT2D eigenvalue weighted by Crippen LogP contribution is -2.48. The minimum Gasteiger partial charge on any atom is -0.324 e. The van der Waals surface area contributed by atoms with E-state index >= 15 is 0 Å². The highest BCUT2D eigenvalue weighted by Gasteiger charge is 2.19. The van der Waals surface area contributed by atoms with E-state index < -0.39 is 0 Å². The van der Waals surface area contributed by atoms with Crippen molar-refractivity contribution in [1.82, 2.24) is 9.80 Å². The van der Waals surface area contributed by atoms with Crippen molar-refractivity contribution >= 4 is 39.1 Å². The van der Waals surface area contributed by atoms with Crippen LogP contribution in [0.5, 0.6) is 0 Å². The maximum Gasteiger partial charge on any atom is 0.238 e. The summed E-state index contributed by atoms with van der Waals surface area (Å²) in [5, 5.41) is 3.45. The Kier molecular flexibility index (Phi) is 6.48. The second kappa shape index (κ2) is 8.81. The van der Waals surface area contributed by atoms with Gasteiger partial charge in [0.25, 0.3) is 0 Å². The Bertz CT molecular complexity index is 715. The second-order valence-corrected chi connectivity index (χ2v) is 7.53. The molecule has 4 nitrogen and oxygen atoms in total. The summed E-state index contributed by atoms with van der Waals surface area (Å²) in [5.74, 6) is -0.0190. The summed E-state index contributed by atoms with van der Waals surface area (Å²) in [6.07, 6.45) is 0. The van der Waals surface area contributed by atoms with Crippen molar-refractivity contribution in [2.24, 2.45) is 0 Å². The van der Waals surface area contributed by atoms with E-state index in [4.69, 9.17) is 11.6 Å². The lowest BCUT2D eigenvalue weighted by molar-refractivity contribution is -0.117. The number of amides is 1. The summed E-state index contributed by atoms with van der Waals surface area (Å²) in [6, 6.07) is 15.7. The van der Waals surface area contributed by atoms with E-state index in [-0.39, 0.29) is 5.91 Å². The van der Waals surface area contributed by atoms with E-state index in [1.54, 1.807) is 6.07 Å². The molecule has 0 atom stereocenters. The number of benzene rings is 2. The van der Waals surface area contributed by atoms with Crippen LogP contribution < -0.4 is 5.32 Å². The van der Waals surface area contributed by atoms with E-state index in [1.807, 2.05) is 18.2 Å². The SMILES string of the molecule is O=C(CN1CCN(Cc2ccc(Br)cc2)CC1)Nc1ccccc1Cl. The van der Waals surface area contributed by atoms with E-state index in [0.29, 0.717) is 17.3 Å². The van der Waals surface area contributed by atoms with Gasteiger partial charge in [0.1, 0.15) is 0 Å². The highest BCUT2D eigenvalue weighted by Crippen LogP contribution is 2.20. The maximum atomic E-state index is 12.2. The van der Waals surface area contributed by atoms with Gasteiger partial charge in [0.15, 0.2) is 0 Å². The summed E-state index contributed by atoms with van der Waals surface area (Å²) in [5.41, 5.74) is 1.98. The van der Waals surface area contributed by atoms with Crippen LogP contribution in [0.2, 0.25) is 5.02 Å². The molecule has 0 aliphatic carbocycles. The molecule has 1 amide bonds. The van der Waals surface area contributed by atoms with Crippen LogP contribution in [0.4, 0.5) is 5.69 Å². The van der Waals surface area contributed by atoms with Gasteiger partial charge in [-0.05, 0) is 29.8 Å². The van der Waals surface area contributed by atoms with Crippen molar-refractivity contribution in [3.63, 3.8) is 0 Å². The molecule has 6 heteroatoms. The first kappa shape index (κ1) is 18.4. The Morgan fingerprint density at radius 1 is 1.00 bits per heavy atom. The molecule has 3 rings (SSSR count). The number of nitrogens with zero attached hydrogens (tertiary/aromatic N) is 2. The molecule has 1 N–H and O–H groups in total. The summed E-state index contributed by atoms with van der Waals surface area (Å²) in [6.45, 7) is 5.08. The van der Waals surface area contributed by atoms with Crippen molar-refractivity contribution in [3.05, 3.63) is 63.6 Å². The third-order valence-electron chi connectivity index (χ3n) is 4.30. The number of para-hydroxylation sites is 1. The van der Waals surface area contributed by atoms with Gasteiger partial charge in [0.2, 0.25) is 5.91 Å². The van der Waals surface area contributed by atoms with Crippen LogP contribution in [0, 0.1) is 0 Å². The van der Waals surface area contributed by atoms with E-state index in [1.165, 1.54) is 5.56 Å². The smallest absolute Gasteiger partial charge is 0.238 e. The van der Waals surface area contributed by atoms with Crippen molar-refractivity contribution in [2.45, 2.75) is 6.54 Å². The van der Waals surface area contributed by atoms with Crippen LogP contribution in [0.15, 0.2) is 53.0 Å². The molecule has 1 fully saturated rings. The highest BCUT2D eigenvalue weighted by molar-refractivity contribution is 9.10. The largest absolute Gasteiger partial charge is 0.324 e. The van der Waals surface area contributed by atoms with Gasteiger partial charge in [-0.1, -0.05) is 51.8 Å². The molecule has 2 aromatic rings. The molecule has 1 heterocycles. The lowest BCUT2D eigenvalue weighted by Gasteiger charge is -2.34. The number of hydrogen-bond donors (Lipinski definition) is 1. The normalized spacial score (nSPS) is 15.9. The third-order valence-corrected chi connectivity index (χ3v) is 5.16. The van der Waals surface area contributed by atoms with Gasteiger partial charge in [0.05, 0.1) is 17.3 Å². The molecule has 0 saturated carbocycles. The fourth-order valence-corrected chi connectivity index (χ4v) is 3.36. The second-order valence-electron chi connectivity index (χ2n) is 6.21. The minimum absolute atomic E-state index is 0.0190. The van der Waals surface area contributed by atoms with Crippen LogP contribution in [0.3, 0.4) is 0 Å². The topological polar surface area (TPSA) is 35.6 Å². The van der Waals surface area contributed by atoms with Gasteiger partial charge >= 0.3 is 0 Å². The number of carbonyl (C=O) groups is 1. The van der Waals surface area contributed by atoms with E-state index in [9.17, 15) is 4.79 Å². The van der Waals surface area contributed by atoms with Gasteiger partial charge in [-0.25, -0.2) is 0 Å². The Morgan fingerprint density at radius 2 is 1.64 bits per heavy atom. The molecular formula is C19H21BrClN3O. The number of nitrogens with one attached hydrogen (secondary N) is 1. The molecule has 0 spiro atoms. The van der Waals surface area contributed by atoms with Crippen molar-refractivity contribution < 1.29 is 4.79 Å². The monoisotopic (exact) mass is 421 g/mol. The summed E-state index contributed by atoms with van der Waals surface area (Å²) in [7, 11) is 0. The Balaban J connectivity index is 1.43. The van der Waals surface area contributed by atoms with Gasteiger partial charge < -0.3 is 5.32 Å². The number of halogens is 2. The third kappa shape index (κ3) is 5.54. The average Bonchev–Trinajstić information content (AvgIpc) is 2.61. The molecule has 0 bridgehead atoms. The molecule has 1 aliphatic heterocycles. The summed E-state index contributed by atoms with van der Waals surface area (Å²) < 4.78 is 1.10. The average molecular weight is 423 g/mol. The summed E-state index contributed by atoms with van der Waals surface area (Å²) >= 11 is 9.54. The van der Waals surface area contributed by atoms with E-state index in [2.05, 4.69) is 55.3 Å². The van der Waals surface area contributed by atoms with Crippen molar-refractivity contribution in [3.8, 4) is 0 Å². The number of carbonyl (C=O) groups excluding carboxylic acids is 1. The van der Waals surface area contributed by atoms with Gasteiger partial charge in [-0.3, -0.25) is 14.6 Å². The van der Waals surface area contributed by atoms with Crippen LogP contribution >= 0.6 is 27.5 Å². The quantitative estimate of drug-likeness (QED) is 0.795. The van der Waals surface area contributed by atoms with Crippen LogP contribution in [0.1, 0.15) is 5.56 Å². The zero-order chi connectivity index (χ0) is 17.6. The van der Waals surface area contributed by atoms with E-state index in [0.717, 1.165) is 37.2 Å². The highest BCUT2D eigenvalue weighted by atomic mass is 79.9. The number of rotatable bonds is 5. The minimum atomic E-state index is -0.0190. The molecule has 1 aliphatic rings. The zero-order valence-corrected chi connectivity index (χ0v) is 16.3. The Hall–Kier alpha value is -1.40. The molecule has 0 unspecified atom stereocenters. The maximum absolute atomic E-state index is 12.2. The zero-order valence-electron chi connectivity index (χ0n) is 13.9. The van der Waals surface area contributed by atoms with Gasteiger partial charge in [0, 0.05) is 37.2 Å². The Labute approximate surface area is 161 Å². The van der Waals surface area contributed by atoms with Crippen molar-refractivity contribution in [2.75, 3.05) is 38.0 Å². The predicted molar refractivity (Wildman–Crippen MR) is 106 cm³/mol. The van der Waals surface area contributed by atoms with Crippen LogP contribution in [-0.2, 0) is 11.3 Å². The Morgan fingerprint density at radius 3 is 2.32 bits per heavy atom. The van der Waals surface area contributed by atoms with Crippen LogP contribution in [-0.4, -0.2) is 48.4 Å². The lowest BCUT2D eigenvalue weighted by atomic mass is 10.2. The molecule has 25 heavy (non-hydrogen) atoms. The van der Waals surface area contributed by atoms with Gasteiger partial charge in [-0.2, -0.15) is 0 Å².